The van der Waals surface area contributed by atoms with Crippen molar-refractivity contribution in [2.75, 3.05) is 0 Å². The van der Waals surface area contributed by atoms with Gasteiger partial charge in [-0.2, -0.15) is 0 Å². The Morgan fingerprint density at radius 2 is 2.07 bits per heavy atom. The van der Waals surface area contributed by atoms with E-state index >= 15 is 0 Å². The van der Waals surface area contributed by atoms with Crippen LogP contribution in [0.2, 0.25) is 0 Å². The van der Waals surface area contributed by atoms with Gasteiger partial charge in [-0.15, -0.1) is 0 Å². The highest BCUT2D eigenvalue weighted by Gasteiger charge is 2.41. The number of aliphatic hydroxyl groups is 2. The Kier molecular flexibility index (Phi) is 7.27. The van der Waals surface area contributed by atoms with Gasteiger partial charge in [0.2, 0.25) is 0 Å². The quantitative estimate of drug-likeness (QED) is 0.462. The van der Waals surface area contributed by atoms with Gasteiger partial charge >= 0.3 is 5.97 Å². The van der Waals surface area contributed by atoms with Gasteiger partial charge in [-0.25, -0.2) is 0 Å². The fraction of sp³-hybridized carbons (Fsp3) is 0.727. The number of cyclic esters (lactones) is 1. The molecule has 1 aliphatic heterocycles. The smallest absolute Gasteiger partial charge is 0.308 e. The number of hydrogen-bond acceptors (Lipinski definition) is 7. The van der Waals surface area contributed by atoms with Crippen molar-refractivity contribution >= 4 is 11.8 Å². The molecule has 6 N–H and O–H groups in total. The van der Waals surface area contributed by atoms with Crippen molar-refractivity contribution in [3.8, 4) is 0 Å². The predicted octanol–water partition coefficient (Wildman–Crippen LogP) is 0.966. The lowest BCUT2D eigenvalue weighted by atomic mass is 9.63. The van der Waals surface area contributed by atoms with E-state index < -0.39 is 18.2 Å². The molecule has 7 heteroatoms. The van der Waals surface area contributed by atoms with Crippen molar-refractivity contribution < 1.29 is 24.5 Å². The van der Waals surface area contributed by atoms with E-state index in [0.29, 0.717) is 32.1 Å². The number of nitrogens with two attached hydrogens (primary N) is 2. The summed E-state index contributed by atoms with van der Waals surface area (Å²) in [5.74, 6) is -0.212. The van der Waals surface area contributed by atoms with E-state index in [1.54, 1.807) is 0 Å². The molecular weight excluding hydrogens is 372 g/mol. The van der Waals surface area contributed by atoms with Crippen LogP contribution in [0.15, 0.2) is 23.8 Å². The number of allylic oxidation sites excluding steroid dienone is 2. The summed E-state index contributed by atoms with van der Waals surface area (Å²) in [5.41, 5.74) is 13.4. The summed E-state index contributed by atoms with van der Waals surface area (Å²) < 4.78 is 5.39. The van der Waals surface area contributed by atoms with Crippen LogP contribution < -0.4 is 11.5 Å². The topological polar surface area (TPSA) is 136 Å². The van der Waals surface area contributed by atoms with E-state index in [-0.39, 0.29) is 48.1 Å². The second-order valence-corrected chi connectivity index (χ2v) is 8.82. The van der Waals surface area contributed by atoms with Crippen molar-refractivity contribution in [3.63, 3.8) is 0 Å². The summed E-state index contributed by atoms with van der Waals surface area (Å²) in [6.07, 6.45) is 7.54. The Morgan fingerprint density at radius 1 is 1.31 bits per heavy atom. The second kappa shape index (κ2) is 9.51. The van der Waals surface area contributed by atoms with E-state index in [0.717, 1.165) is 12.0 Å². The molecule has 0 aromatic carbocycles. The molecule has 1 heterocycles. The molecule has 0 aromatic rings. The third kappa shape index (κ3) is 5.34. The van der Waals surface area contributed by atoms with Gasteiger partial charge in [-0.1, -0.05) is 25.2 Å². The van der Waals surface area contributed by atoms with Crippen LogP contribution in [0.1, 0.15) is 51.9 Å². The summed E-state index contributed by atoms with van der Waals surface area (Å²) in [6, 6.07) is -0.648. The van der Waals surface area contributed by atoms with Gasteiger partial charge in [0.25, 0.3) is 0 Å². The number of hydrogen-bond donors (Lipinski definition) is 4. The van der Waals surface area contributed by atoms with E-state index in [2.05, 4.69) is 0 Å². The van der Waals surface area contributed by atoms with Crippen molar-refractivity contribution in [1.29, 1.82) is 0 Å². The minimum Gasteiger partial charge on any atom is -0.462 e. The standard InChI is InChI=1S/C22H34N2O5/c1-2-18(23)20(27)9-13-8-14(25)7-12-3-6-19(24)17(22(12)13)5-4-16-10-15(26)11-21(28)29-16/h3,6-7,13-19,22,25-26H,2,4-5,8-11,23-24H2,1H3/t13-,14+,15?,16?,17?,18?,19?,22?/m1/s1. The zero-order valence-corrected chi connectivity index (χ0v) is 17.1. The number of Topliss-reactive ketones (excluding diaryl/α,β-unsaturated/α-hetero) is 1. The van der Waals surface area contributed by atoms with Crippen LogP contribution in [0.25, 0.3) is 0 Å². The molecule has 0 aromatic heterocycles. The minimum absolute atomic E-state index is 0.0180. The lowest BCUT2D eigenvalue weighted by Gasteiger charge is -2.43. The number of esters is 1. The summed E-state index contributed by atoms with van der Waals surface area (Å²) in [7, 11) is 0. The molecule has 2 aliphatic carbocycles. The lowest BCUT2D eigenvalue weighted by molar-refractivity contribution is -0.160. The van der Waals surface area contributed by atoms with Crippen LogP contribution in [-0.4, -0.2) is 52.4 Å². The first-order valence-electron chi connectivity index (χ1n) is 10.8. The molecule has 8 atom stereocenters. The fourth-order valence-corrected chi connectivity index (χ4v) is 5.13. The van der Waals surface area contributed by atoms with E-state index in [9.17, 15) is 19.8 Å². The van der Waals surface area contributed by atoms with E-state index in [4.69, 9.17) is 16.2 Å². The first kappa shape index (κ1) is 22.2. The van der Waals surface area contributed by atoms with E-state index in [1.165, 1.54) is 0 Å². The van der Waals surface area contributed by atoms with Crippen LogP contribution in [0, 0.1) is 17.8 Å². The molecule has 0 saturated carbocycles. The summed E-state index contributed by atoms with van der Waals surface area (Å²) in [6.45, 7) is 1.89. The van der Waals surface area contributed by atoms with Crippen molar-refractivity contribution in [2.24, 2.45) is 29.2 Å². The summed E-state index contributed by atoms with van der Waals surface area (Å²) in [4.78, 5) is 24.2. The Labute approximate surface area is 172 Å². The van der Waals surface area contributed by atoms with Gasteiger partial charge in [0.15, 0.2) is 0 Å². The monoisotopic (exact) mass is 406 g/mol. The maximum atomic E-state index is 12.5. The Morgan fingerprint density at radius 3 is 2.76 bits per heavy atom. The average Bonchev–Trinajstić information content (AvgIpc) is 2.65. The highest BCUT2D eigenvalue weighted by Crippen LogP contribution is 2.44. The third-order valence-electron chi connectivity index (χ3n) is 6.66. The second-order valence-electron chi connectivity index (χ2n) is 8.82. The Balaban J connectivity index is 1.74. The highest BCUT2D eigenvalue weighted by atomic mass is 16.5. The SMILES string of the molecule is CCC(N)C(=O)C[C@H]1C[C@@H](O)C=C2C=CC(N)C(CCC3CC(O)CC(=O)O3)C21. The molecular formula is C22H34N2O5. The predicted molar refractivity (Wildman–Crippen MR) is 109 cm³/mol. The summed E-state index contributed by atoms with van der Waals surface area (Å²) >= 11 is 0. The molecule has 1 fully saturated rings. The van der Waals surface area contributed by atoms with Gasteiger partial charge in [0.1, 0.15) is 11.9 Å². The first-order valence-corrected chi connectivity index (χ1v) is 10.8. The number of ketones is 1. The van der Waals surface area contributed by atoms with Crippen molar-refractivity contribution in [2.45, 2.75) is 82.3 Å². The zero-order valence-electron chi connectivity index (χ0n) is 17.1. The number of aliphatic hydroxyl groups excluding tert-OH is 2. The largest absolute Gasteiger partial charge is 0.462 e. The van der Waals surface area contributed by atoms with Crippen LogP contribution in [0.4, 0.5) is 0 Å². The maximum Gasteiger partial charge on any atom is 0.308 e. The van der Waals surface area contributed by atoms with Gasteiger partial charge in [-0.3, -0.25) is 9.59 Å². The molecule has 29 heavy (non-hydrogen) atoms. The highest BCUT2D eigenvalue weighted by molar-refractivity contribution is 5.84. The van der Waals surface area contributed by atoms with Crippen LogP contribution in [0.5, 0.6) is 0 Å². The van der Waals surface area contributed by atoms with E-state index in [1.807, 2.05) is 25.2 Å². The summed E-state index contributed by atoms with van der Waals surface area (Å²) in [5, 5.41) is 20.2. The van der Waals surface area contributed by atoms with Gasteiger partial charge < -0.3 is 26.4 Å². The molecule has 0 bridgehead atoms. The number of ether oxygens (including phenoxy) is 1. The fourth-order valence-electron chi connectivity index (χ4n) is 5.13. The number of carbonyl (C=O) groups excluding carboxylic acids is 2. The van der Waals surface area contributed by atoms with Crippen molar-refractivity contribution in [1.82, 2.24) is 0 Å². The van der Waals surface area contributed by atoms with Gasteiger partial charge in [-0.05, 0) is 49.0 Å². The maximum absolute atomic E-state index is 12.5. The number of carbonyl (C=O) groups is 2. The number of rotatable bonds is 7. The molecule has 7 nitrogen and oxygen atoms in total. The molecule has 3 aliphatic rings. The van der Waals surface area contributed by atoms with Gasteiger partial charge in [0, 0.05) is 18.9 Å². The molecule has 0 amide bonds. The lowest BCUT2D eigenvalue weighted by Crippen LogP contribution is -2.45. The molecule has 1 saturated heterocycles. The van der Waals surface area contributed by atoms with Crippen LogP contribution in [0.3, 0.4) is 0 Å². The molecule has 0 radical (unpaired) electrons. The number of fused-ring (bicyclic) bond motifs is 1. The Hall–Kier alpha value is -1.54. The average molecular weight is 407 g/mol. The normalized spacial score (nSPS) is 38.0. The first-order chi connectivity index (χ1) is 13.8. The molecule has 3 rings (SSSR count). The molecule has 162 valence electrons. The minimum atomic E-state index is -0.651. The van der Waals surface area contributed by atoms with Crippen LogP contribution >= 0.6 is 0 Å². The Bertz CT molecular complexity index is 676. The molecule has 0 spiro atoms. The zero-order chi connectivity index (χ0) is 21.1. The van der Waals surface area contributed by atoms with Gasteiger partial charge in [0.05, 0.1) is 24.7 Å². The molecule has 6 unspecified atom stereocenters. The van der Waals surface area contributed by atoms with Crippen LogP contribution in [-0.2, 0) is 14.3 Å². The van der Waals surface area contributed by atoms with Crippen molar-refractivity contribution in [3.05, 3.63) is 23.8 Å². The third-order valence-corrected chi connectivity index (χ3v) is 6.66.